The number of hydrogen-bond acceptors (Lipinski definition) is 2. The van der Waals surface area contributed by atoms with Crippen LogP contribution in [-0.2, 0) is 6.42 Å². The summed E-state index contributed by atoms with van der Waals surface area (Å²) < 4.78 is 0. The highest BCUT2D eigenvalue weighted by molar-refractivity contribution is 5.85. The zero-order valence-corrected chi connectivity index (χ0v) is 24.0. The molecule has 6 aromatic rings. The Kier molecular flexibility index (Phi) is 8.87. The Morgan fingerprint density at radius 1 is 0.488 bits per heavy atom. The van der Waals surface area contributed by atoms with Crippen LogP contribution < -0.4 is 10.6 Å². The molecule has 0 saturated heterocycles. The molecule has 6 aromatic carbocycles. The first kappa shape index (κ1) is 27.6. The lowest BCUT2D eigenvalue weighted by molar-refractivity contribution is 1.26. The fraction of sp³-hybridized carbons (Fsp3) is 0.0244. The number of rotatable bonds is 10. The van der Waals surface area contributed by atoms with E-state index in [2.05, 4.69) is 162 Å². The van der Waals surface area contributed by atoms with Crippen LogP contribution in [0.1, 0.15) is 16.7 Å². The predicted octanol–water partition coefficient (Wildman–Crippen LogP) is 11.1. The zero-order chi connectivity index (χ0) is 29.1. The Balaban J connectivity index is 1.30. The molecule has 2 heteroatoms. The number of allylic oxidation sites excluding steroid dienone is 1. The largest absolute Gasteiger partial charge is 0.361 e. The lowest BCUT2D eigenvalue weighted by atomic mass is 9.96. The van der Waals surface area contributed by atoms with Crippen molar-refractivity contribution in [3.8, 4) is 22.3 Å². The summed E-state index contributed by atoms with van der Waals surface area (Å²) >= 11 is 0. The second-order valence-corrected chi connectivity index (χ2v) is 10.4. The molecule has 0 saturated carbocycles. The summed E-state index contributed by atoms with van der Waals surface area (Å²) in [7, 11) is 0. The van der Waals surface area contributed by atoms with E-state index in [9.17, 15) is 0 Å². The fourth-order valence-corrected chi connectivity index (χ4v) is 5.10. The van der Waals surface area contributed by atoms with Gasteiger partial charge in [0.2, 0.25) is 0 Å². The normalized spacial score (nSPS) is 11.2. The topological polar surface area (TPSA) is 24.1 Å². The molecule has 2 N–H and O–H groups in total. The van der Waals surface area contributed by atoms with Gasteiger partial charge in [-0.25, -0.2) is 0 Å². The van der Waals surface area contributed by atoms with Gasteiger partial charge in [0, 0.05) is 22.6 Å². The molecule has 0 radical (unpaired) electrons. The fourth-order valence-electron chi connectivity index (χ4n) is 5.10. The molecule has 0 aliphatic rings. The van der Waals surface area contributed by atoms with Gasteiger partial charge in [-0.05, 0) is 76.3 Å². The third-order valence-electron chi connectivity index (χ3n) is 7.35. The van der Waals surface area contributed by atoms with Crippen LogP contribution in [0.4, 0.5) is 17.1 Å². The number of anilines is 3. The molecule has 0 spiro atoms. The van der Waals surface area contributed by atoms with Crippen LogP contribution >= 0.6 is 0 Å². The molecular weight excluding hydrogens is 520 g/mol. The van der Waals surface area contributed by atoms with E-state index in [1.807, 2.05) is 30.5 Å². The molecular formula is C41H34N2. The summed E-state index contributed by atoms with van der Waals surface area (Å²) in [6.45, 7) is 0. The summed E-state index contributed by atoms with van der Waals surface area (Å²) in [6.07, 6.45) is 9.43. The average Bonchev–Trinajstić information content (AvgIpc) is 3.08. The van der Waals surface area contributed by atoms with Crippen molar-refractivity contribution in [3.63, 3.8) is 0 Å². The van der Waals surface area contributed by atoms with Gasteiger partial charge < -0.3 is 10.6 Å². The Bertz CT molecular complexity index is 1820. The lowest BCUT2D eigenvalue weighted by Gasteiger charge is -2.14. The molecule has 0 aliphatic carbocycles. The highest BCUT2D eigenvalue weighted by atomic mass is 14.9. The SMILES string of the molecule is C(=C/c1ccc(-c2cccc(-c3ccccc3Nc3ccccc3)c2)cc1N/C=C/Cc1ccccc1)/c1ccccc1. The van der Waals surface area contributed by atoms with Crippen LogP contribution in [0.3, 0.4) is 0 Å². The summed E-state index contributed by atoms with van der Waals surface area (Å²) in [6, 6.07) is 55.1. The zero-order valence-electron chi connectivity index (χ0n) is 24.0. The Hall–Kier alpha value is -5.60. The molecule has 6 rings (SSSR count). The van der Waals surface area contributed by atoms with E-state index in [1.54, 1.807) is 0 Å². The number of hydrogen-bond donors (Lipinski definition) is 2. The van der Waals surface area contributed by atoms with Crippen molar-refractivity contribution in [1.29, 1.82) is 0 Å². The second-order valence-electron chi connectivity index (χ2n) is 10.4. The molecule has 0 bridgehead atoms. The highest BCUT2D eigenvalue weighted by Gasteiger charge is 2.09. The smallest absolute Gasteiger partial charge is 0.0463 e. The van der Waals surface area contributed by atoms with E-state index < -0.39 is 0 Å². The third kappa shape index (κ3) is 7.38. The molecule has 0 aliphatic heterocycles. The van der Waals surface area contributed by atoms with E-state index >= 15 is 0 Å². The van der Waals surface area contributed by atoms with Crippen molar-refractivity contribution in [3.05, 3.63) is 187 Å². The van der Waals surface area contributed by atoms with Crippen molar-refractivity contribution in [2.45, 2.75) is 6.42 Å². The number of benzene rings is 6. The number of para-hydroxylation sites is 2. The van der Waals surface area contributed by atoms with Gasteiger partial charge in [0.25, 0.3) is 0 Å². The molecule has 0 fully saturated rings. The number of nitrogens with one attached hydrogen (secondary N) is 2. The first-order chi connectivity index (χ1) is 21.3. The molecule has 2 nitrogen and oxygen atoms in total. The Morgan fingerprint density at radius 3 is 1.98 bits per heavy atom. The highest BCUT2D eigenvalue weighted by Crippen LogP contribution is 2.34. The molecule has 0 atom stereocenters. The van der Waals surface area contributed by atoms with Gasteiger partial charge in [-0.1, -0.05) is 146 Å². The maximum atomic E-state index is 3.59. The Morgan fingerprint density at radius 2 is 1.16 bits per heavy atom. The summed E-state index contributed by atoms with van der Waals surface area (Å²) in [4.78, 5) is 0. The van der Waals surface area contributed by atoms with Gasteiger partial charge >= 0.3 is 0 Å². The van der Waals surface area contributed by atoms with Crippen LogP contribution in [-0.4, -0.2) is 0 Å². The van der Waals surface area contributed by atoms with E-state index in [0.717, 1.165) is 40.2 Å². The molecule has 43 heavy (non-hydrogen) atoms. The minimum atomic E-state index is 0.876. The minimum Gasteiger partial charge on any atom is -0.361 e. The van der Waals surface area contributed by atoms with Crippen molar-refractivity contribution >= 4 is 29.2 Å². The minimum absolute atomic E-state index is 0.876. The van der Waals surface area contributed by atoms with Crippen molar-refractivity contribution < 1.29 is 0 Å². The van der Waals surface area contributed by atoms with E-state index in [4.69, 9.17) is 0 Å². The van der Waals surface area contributed by atoms with Gasteiger partial charge in [-0.3, -0.25) is 0 Å². The van der Waals surface area contributed by atoms with E-state index in [-0.39, 0.29) is 0 Å². The quantitative estimate of drug-likeness (QED) is 0.165. The molecule has 0 amide bonds. The third-order valence-corrected chi connectivity index (χ3v) is 7.35. The van der Waals surface area contributed by atoms with Crippen LogP contribution in [0.2, 0.25) is 0 Å². The molecule has 0 aromatic heterocycles. The van der Waals surface area contributed by atoms with Crippen molar-refractivity contribution in [1.82, 2.24) is 0 Å². The van der Waals surface area contributed by atoms with Gasteiger partial charge in [0.05, 0.1) is 0 Å². The molecule has 0 heterocycles. The van der Waals surface area contributed by atoms with Gasteiger partial charge in [0.15, 0.2) is 0 Å². The monoisotopic (exact) mass is 554 g/mol. The average molecular weight is 555 g/mol. The van der Waals surface area contributed by atoms with Crippen molar-refractivity contribution in [2.24, 2.45) is 0 Å². The van der Waals surface area contributed by atoms with Gasteiger partial charge in [0.1, 0.15) is 0 Å². The van der Waals surface area contributed by atoms with Gasteiger partial charge in [-0.15, -0.1) is 0 Å². The standard InChI is InChI=1S/C41H34N2/c1-4-14-32(15-5-1)18-13-29-42-41-31-36(28-27-34(41)26-25-33-16-6-2-7-17-33)35-19-12-20-37(30-35)39-23-10-11-24-40(39)43-38-21-8-3-9-22-38/h1-17,19-31,42-43H,18H2/b26-25-,29-13+. The summed E-state index contributed by atoms with van der Waals surface area (Å²) in [5.74, 6) is 0. The van der Waals surface area contributed by atoms with Crippen LogP contribution in [0.25, 0.3) is 34.4 Å². The summed E-state index contributed by atoms with van der Waals surface area (Å²) in [5, 5.41) is 7.16. The van der Waals surface area contributed by atoms with Crippen LogP contribution in [0, 0.1) is 0 Å². The second kappa shape index (κ2) is 13.8. The van der Waals surface area contributed by atoms with E-state index in [1.165, 1.54) is 22.3 Å². The molecule has 208 valence electrons. The van der Waals surface area contributed by atoms with Crippen LogP contribution in [0.5, 0.6) is 0 Å². The van der Waals surface area contributed by atoms with Crippen LogP contribution in [0.15, 0.2) is 170 Å². The van der Waals surface area contributed by atoms with Crippen molar-refractivity contribution in [2.75, 3.05) is 10.6 Å². The molecule has 0 unspecified atom stereocenters. The van der Waals surface area contributed by atoms with Gasteiger partial charge in [-0.2, -0.15) is 0 Å². The summed E-state index contributed by atoms with van der Waals surface area (Å²) in [5.41, 5.74) is 11.5. The predicted molar refractivity (Wildman–Crippen MR) is 185 cm³/mol. The first-order valence-electron chi connectivity index (χ1n) is 14.7. The lowest BCUT2D eigenvalue weighted by Crippen LogP contribution is -1.94. The Labute approximate surface area is 254 Å². The maximum Gasteiger partial charge on any atom is 0.0463 e. The van der Waals surface area contributed by atoms with E-state index in [0.29, 0.717) is 0 Å². The maximum absolute atomic E-state index is 3.59. The first-order valence-corrected chi connectivity index (χ1v) is 14.7.